The van der Waals surface area contributed by atoms with Crippen LogP contribution in [0.15, 0.2) is 64.7 Å². The molecule has 0 fully saturated rings. The Morgan fingerprint density at radius 1 is 1.17 bits per heavy atom. The van der Waals surface area contributed by atoms with Crippen LogP contribution in [0.4, 0.5) is 5.13 Å². The van der Waals surface area contributed by atoms with Crippen molar-refractivity contribution >= 4 is 28.5 Å². The van der Waals surface area contributed by atoms with Gasteiger partial charge in [0, 0.05) is 48.4 Å². The first-order chi connectivity index (χ1) is 14.7. The molecule has 1 aliphatic heterocycles. The number of benzene rings is 2. The summed E-state index contributed by atoms with van der Waals surface area (Å²) in [7, 11) is 0. The van der Waals surface area contributed by atoms with Gasteiger partial charge in [0.2, 0.25) is 0 Å². The third-order valence-corrected chi connectivity index (χ3v) is 6.81. The topological polar surface area (TPSA) is 40.9 Å². The third kappa shape index (κ3) is 4.36. The summed E-state index contributed by atoms with van der Waals surface area (Å²) < 4.78 is 0. The van der Waals surface area contributed by atoms with Crippen molar-refractivity contribution in [3.8, 4) is 0 Å². The van der Waals surface area contributed by atoms with Gasteiger partial charge in [0.15, 0.2) is 11.0 Å². The molecule has 0 aliphatic carbocycles. The van der Waals surface area contributed by atoms with Crippen molar-refractivity contribution in [2.24, 2.45) is 9.98 Å². The molecular formula is C25H28N4S. The molecule has 0 bridgehead atoms. The molecule has 1 unspecified atom stereocenters. The maximum absolute atomic E-state index is 4.76. The fourth-order valence-corrected chi connectivity index (χ4v) is 4.87. The maximum atomic E-state index is 4.76. The van der Waals surface area contributed by atoms with E-state index < -0.39 is 0 Å². The normalized spacial score (nSPS) is 15.4. The zero-order valence-corrected chi connectivity index (χ0v) is 18.7. The van der Waals surface area contributed by atoms with E-state index in [1.165, 1.54) is 21.6 Å². The zero-order chi connectivity index (χ0) is 20.9. The fourth-order valence-electron chi connectivity index (χ4n) is 3.85. The first-order valence-corrected chi connectivity index (χ1v) is 11.4. The van der Waals surface area contributed by atoms with Crippen LogP contribution >= 0.6 is 11.3 Å². The van der Waals surface area contributed by atoms with Gasteiger partial charge >= 0.3 is 0 Å². The first-order valence-electron chi connectivity index (χ1n) is 10.6. The smallest absolute Gasteiger partial charge is 0.185 e. The van der Waals surface area contributed by atoms with Crippen LogP contribution in [-0.2, 0) is 13.0 Å². The molecule has 1 atom stereocenters. The van der Waals surface area contributed by atoms with E-state index in [9.17, 15) is 0 Å². The summed E-state index contributed by atoms with van der Waals surface area (Å²) >= 11 is 1.81. The van der Waals surface area contributed by atoms with Crippen LogP contribution in [0.1, 0.15) is 53.8 Å². The molecule has 2 aromatic carbocycles. The number of rotatable bonds is 5. The summed E-state index contributed by atoms with van der Waals surface area (Å²) in [6.45, 7) is 8.92. The number of aliphatic imine (C=N–C) groups is 2. The molecule has 0 N–H and O–H groups in total. The van der Waals surface area contributed by atoms with Crippen molar-refractivity contribution in [2.75, 3.05) is 18.0 Å². The van der Waals surface area contributed by atoms with Gasteiger partial charge in [-0.05, 0) is 37.0 Å². The molecule has 4 rings (SSSR count). The van der Waals surface area contributed by atoms with Crippen LogP contribution in [0.5, 0.6) is 0 Å². The number of amidine groups is 1. The molecule has 3 aromatic rings. The Morgan fingerprint density at radius 3 is 2.67 bits per heavy atom. The lowest BCUT2D eigenvalue weighted by Gasteiger charge is -2.28. The minimum absolute atomic E-state index is 0.309. The predicted molar refractivity (Wildman–Crippen MR) is 129 cm³/mol. The maximum Gasteiger partial charge on any atom is 0.185 e. The Morgan fingerprint density at radius 2 is 1.93 bits per heavy atom. The average molecular weight is 417 g/mol. The number of fused-ring (bicyclic) bond motifs is 1. The Hall–Kier alpha value is -2.79. The highest BCUT2D eigenvalue weighted by molar-refractivity contribution is 7.15. The number of hydrogen-bond donors (Lipinski definition) is 0. The minimum atomic E-state index is 0.309. The standard InChI is InChI=1S/C25H28N4S/c1-4-26-24(27-5-2)21-12-10-19(11-13-21)18(3)23-16-28-25(30-23)29-15-14-20-8-6-7-9-22(20)17-29/h4,6-13,16,18H,5,14-15,17H2,1-3H3. The lowest BCUT2D eigenvalue weighted by molar-refractivity contribution is 0.729. The van der Waals surface area contributed by atoms with Gasteiger partial charge in [0.05, 0.1) is 0 Å². The highest BCUT2D eigenvalue weighted by Crippen LogP contribution is 2.34. The van der Waals surface area contributed by atoms with E-state index >= 15 is 0 Å². The quantitative estimate of drug-likeness (QED) is 0.394. The van der Waals surface area contributed by atoms with Gasteiger partial charge < -0.3 is 4.90 Å². The summed E-state index contributed by atoms with van der Waals surface area (Å²) in [5, 5.41) is 1.12. The van der Waals surface area contributed by atoms with Crippen LogP contribution in [-0.4, -0.2) is 30.1 Å². The van der Waals surface area contributed by atoms with E-state index in [0.717, 1.165) is 42.6 Å². The Bertz CT molecular complexity index is 1050. The summed E-state index contributed by atoms with van der Waals surface area (Å²) in [5.74, 6) is 1.10. The summed E-state index contributed by atoms with van der Waals surface area (Å²) in [4.78, 5) is 17.4. The Labute approximate surface area is 183 Å². The van der Waals surface area contributed by atoms with E-state index in [1.807, 2.05) is 31.4 Å². The first kappa shape index (κ1) is 20.5. The summed E-state index contributed by atoms with van der Waals surface area (Å²) in [6.07, 6.45) is 4.93. The van der Waals surface area contributed by atoms with Crippen LogP contribution in [0.25, 0.3) is 0 Å². The Balaban J connectivity index is 1.49. The number of nitrogens with zero attached hydrogens (tertiary/aromatic N) is 4. The summed E-state index contributed by atoms with van der Waals surface area (Å²) in [5.41, 5.74) is 5.23. The molecule has 1 aromatic heterocycles. The second-order valence-corrected chi connectivity index (χ2v) is 8.56. The van der Waals surface area contributed by atoms with Crippen LogP contribution in [0.2, 0.25) is 0 Å². The van der Waals surface area contributed by atoms with Crippen molar-refractivity contribution in [2.45, 2.75) is 39.7 Å². The number of anilines is 1. The molecule has 2 heterocycles. The largest absolute Gasteiger partial charge is 0.343 e. The lowest BCUT2D eigenvalue weighted by Crippen LogP contribution is -2.30. The number of thiazole rings is 1. The van der Waals surface area contributed by atoms with Gasteiger partial charge in [-0.25, -0.2) is 9.98 Å². The lowest BCUT2D eigenvalue weighted by atomic mass is 9.98. The molecule has 4 nitrogen and oxygen atoms in total. The molecule has 0 saturated carbocycles. The summed E-state index contributed by atoms with van der Waals surface area (Å²) in [6, 6.07) is 17.4. The molecule has 0 saturated heterocycles. The van der Waals surface area contributed by atoms with E-state index in [-0.39, 0.29) is 0 Å². The molecule has 0 spiro atoms. The van der Waals surface area contributed by atoms with Crippen molar-refractivity contribution in [3.05, 3.63) is 81.9 Å². The average Bonchev–Trinajstić information content (AvgIpc) is 3.28. The third-order valence-electron chi connectivity index (χ3n) is 5.57. The molecule has 1 aliphatic rings. The van der Waals surface area contributed by atoms with Crippen LogP contribution < -0.4 is 4.90 Å². The molecule has 154 valence electrons. The molecule has 30 heavy (non-hydrogen) atoms. The van der Waals surface area contributed by atoms with Gasteiger partial charge in [0.25, 0.3) is 0 Å². The number of aromatic nitrogens is 1. The van der Waals surface area contributed by atoms with Gasteiger partial charge in [-0.3, -0.25) is 4.99 Å². The molecular weight excluding hydrogens is 388 g/mol. The fraction of sp³-hybridized carbons (Fsp3) is 0.320. The predicted octanol–water partition coefficient (Wildman–Crippen LogP) is 5.71. The monoisotopic (exact) mass is 416 g/mol. The highest BCUT2D eigenvalue weighted by atomic mass is 32.1. The second-order valence-electron chi connectivity index (χ2n) is 7.51. The van der Waals surface area contributed by atoms with E-state index in [0.29, 0.717) is 5.92 Å². The SMILES string of the molecule is CC=NC(=NCC)c1ccc(C(C)c2cnc(N3CCc4ccccc4C3)s2)cc1. The van der Waals surface area contributed by atoms with Crippen LogP contribution in [0, 0.1) is 0 Å². The molecule has 0 radical (unpaired) electrons. The van der Waals surface area contributed by atoms with Crippen LogP contribution in [0.3, 0.4) is 0 Å². The molecule has 5 heteroatoms. The number of hydrogen-bond acceptors (Lipinski definition) is 4. The molecule has 0 amide bonds. The minimum Gasteiger partial charge on any atom is -0.343 e. The van der Waals surface area contributed by atoms with E-state index in [1.54, 1.807) is 6.21 Å². The van der Waals surface area contributed by atoms with Crippen molar-refractivity contribution in [3.63, 3.8) is 0 Å². The van der Waals surface area contributed by atoms with E-state index in [2.05, 4.69) is 70.3 Å². The van der Waals surface area contributed by atoms with Crippen molar-refractivity contribution in [1.29, 1.82) is 0 Å². The van der Waals surface area contributed by atoms with Gasteiger partial charge in [-0.15, -0.1) is 11.3 Å². The van der Waals surface area contributed by atoms with Gasteiger partial charge in [-0.1, -0.05) is 55.5 Å². The van der Waals surface area contributed by atoms with Crippen molar-refractivity contribution < 1.29 is 0 Å². The van der Waals surface area contributed by atoms with E-state index in [4.69, 9.17) is 4.98 Å². The highest BCUT2D eigenvalue weighted by Gasteiger charge is 2.20. The van der Waals surface area contributed by atoms with Gasteiger partial charge in [-0.2, -0.15) is 0 Å². The van der Waals surface area contributed by atoms with Crippen molar-refractivity contribution in [1.82, 2.24) is 4.98 Å². The second kappa shape index (κ2) is 9.35. The van der Waals surface area contributed by atoms with Gasteiger partial charge in [0.1, 0.15) is 0 Å². The Kier molecular flexibility index (Phi) is 6.38. The zero-order valence-electron chi connectivity index (χ0n) is 17.9.